The van der Waals surface area contributed by atoms with E-state index in [2.05, 4.69) is 10.0 Å². The van der Waals surface area contributed by atoms with Gasteiger partial charge in [0.25, 0.3) is 0 Å². The first-order valence-corrected chi connectivity index (χ1v) is 12.6. The van der Waals surface area contributed by atoms with Gasteiger partial charge < -0.3 is 10.2 Å². The number of nitrogens with zero attached hydrogens (tertiary/aromatic N) is 1. The van der Waals surface area contributed by atoms with Crippen molar-refractivity contribution in [2.24, 2.45) is 11.8 Å². The second-order valence-electron chi connectivity index (χ2n) is 8.85. The molecule has 1 aliphatic heterocycles. The minimum absolute atomic E-state index is 0.0580. The number of anilines is 1. The van der Waals surface area contributed by atoms with Crippen LogP contribution < -0.4 is 14.9 Å². The molecule has 2 N–H and O–H groups in total. The normalized spacial score (nSPS) is 27.0. The Balaban J connectivity index is 1.28. The average Bonchev–Trinajstić information content (AvgIpc) is 3.18. The maximum Gasteiger partial charge on any atom is 0.241 e. The molecule has 3 aliphatic rings. The second kappa shape index (κ2) is 9.06. The summed E-state index contributed by atoms with van der Waals surface area (Å²) < 4.78 is 27.5. The molecule has 1 aromatic rings. The van der Waals surface area contributed by atoms with Crippen molar-refractivity contribution in [1.82, 2.24) is 10.0 Å². The molecule has 2 saturated carbocycles. The highest BCUT2D eigenvalue weighted by Crippen LogP contribution is 2.40. The van der Waals surface area contributed by atoms with Crippen LogP contribution in [-0.2, 0) is 19.6 Å². The SMILES string of the molecule is O=C(CNS(=O)(=O)c1ccc(N2CCCC2=O)cc1)N[C@@H]1CC[C@H]2CCCC[C@H]2C1. The number of carbonyl (C=O) groups excluding carboxylic acids is 2. The van der Waals surface area contributed by atoms with Gasteiger partial charge in [-0.2, -0.15) is 0 Å². The van der Waals surface area contributed by atoms with Gasteiger partial charge in [0.05, 0.1) is 11.4 Å². The highest BCUT2D eigenvalue weighted by Gasteiger charge is 2.32. The zero-order valence-electron chi connectivity index (χ0n) is 17.3. The number of benzene rings is 1. The molecule has 0 unspecified atom stereocenters. The van der Waals surface area contributed by atoms with Crippen LogP contribution in [0.25, 0.3) is 0 Å². The van der Waals surface area contributed by atoms with Gasteiger partial charge in [0.1, 0.15) is 0 Å². The molecule has 1 heterocycles. The Morgan fingerprint density at radius 3 is 2.43 bits per heavy atom. The number of sulfonamides is 1. The molecule has 30 heavy (non-hydrogen) atoms. The largest absolute Gasteiger partial charge is 0.352 e. The second-order valence-corrected chi connectivity index (χ2v) is 10.6. The van der Waals surface area contributed by atoms with Crippen LogP contribution in [0.4, 0.5) is 5.69 Å². The predicted octanol–water partition coefficient (Wildman–Crippen LogP) is 2.57. The molecule has 2 amide bonds. The first-order valence-electron chi connectivity index (χ1n) is 11.1. The van der Waals surface area contributed by atoms with Crippen molar-refractivity contribution in [2.75, 3.05) is 18.0 Å². The summed E-state index contributed by atoms with van der Waals surface area (Å²) in [5.41, 5.74) is 0.701. The molecule has 0 aromatic heterocycles. The summed E-state index contributed by atoms with van der Waals surface area (Å²) in [7, 11) is -3.78. The minimum atomic E-state index is -3.78. The number of carbonyl (C=O) groups is 2. The predicted molar refractivity (Wildman–Crippen MR) is 114 cm³/mol. The zero-order valence-corrected chi connectivity index (χ0v) is 18.1. The van der Waals surface area contributed by atoms with Crippen LogP contribution in [0.1, 0.15) is 57.8 Å². The number of rotatable bonds is 6. The van der Waals surface area contributed by atoms with Gasteiger partial charge in [-0.05, 0) is 61.8 Å². The fourth-order valence-electron chi connectivity index (χ4n) is 5.25. The number of hydrogen-bond acceptors (Lipinski definition) is 4. The lowest BCUT2D eigenvalue weighted by Gasteiger charge is -2.39. The van der Waals surface area contributed by atoms with Crippen LogP contribution >= 0.6 is 0 Å². The molecule has 164 valence electrons. The van der Waals surface area contributed by atoms with E-state index in [1.807, 2.05) is 0 Å². The van der Waals surface area contributed by atoms with Crippen molar-refractivity contribution >= 4 is 27.5 Å². The highest BCUT2D eigenvalue weighted by atomic mass is 32.2. The fraction of sp³-hybridized carbons (Fsp3) is 0.636. The van der Waals surface area contributed by atoms with E-state index in [0.717, 1.165) is 31.6 Å². The van der Waals surface area contributed by atoms with Crippen LogP contribution in [-0.4, -0.2) is 39.4 Å². The molecule has 8 heteroatoms. The van der Waals surface area contributed by atoms with Gasteiger partial charge in [0.15, 0.2) is 0 Å². The molecule has 1 aromatic carbocycles. The lowest BCUT2D eigenvalue weighted by atomic mass is 9.69. The molecule has 7 nitrogen and oxygen atoms in total. The molecule has 0 spiro atoms. The van der Waals surface area contributed by atoms with Crippen molar-refractivity contribution in [3.8, 4) is 0 Å². The third kappa shape index (κ3) is 4.86. The Labute approximate surface area is 178 Å². The molecule has 0 radical (unpaired) electrons. The number of fused-ring (bicyclic) bond motifs is 1. The van der Waals surface area contributed by atoms with Crippen molar-refractivity contribution in [3.05, 3.63) is 24.3 Å². The quantitative estimate of drug-likeness (QED) is 0.721. The van der Waals surface area contributed by atoms with Crippen molar-refractivity contribution in [3.63, 3.8) is 0 Å². The lowest BCUT2D eigenvalue weighted by Crippen LogP contribution is -2.45. The maximum atomic E-state index is 12.5. The topological polar surface area (TPSA) is 95.6 Å². The van der Waals surface area contributed by atoms with E-state index in [9.17, 15) is 18.0 Å². The Bertz CT molecular complexity index is 884. The number of amides is 2. The standard InChI is InChI=1S/C22H31N3O4S/c26-21(24-18-8-7-16-4-1-2-5-17(16)14-18)15-23-30(28,29)20-11-9-19(10-12-20)25-13-3-6-22(25)27/h9-12,16-18,23H,1-8,13-15H2,(H,24,26)/t16-,17+,18-/m1/s1. The van der Waals surface area contributed by atoms with Gasteiger partial charge in [0.2, 0.25) is 21.8 Å². The summed E-state index contributed by atoms with van der Waals surface area (Å²) in [4.78, 5) is 25.9. The van der Waals surface area contributed by atoms with Crippen molar-refractivity contribution < 1.29 is 18.0 Å². The van der Waals surface area contributed by atoms with Crippen LogP contribution in [0.5, 0.6) is 0 Å². The van der Waals surface area contributed by atoms with E-state index in [4.69, 9.17) is 0 Å². The zero-order chi connectivity index (χ0) is 21.1. The van der Waals surface area contributed by atoms with Gasteiger partial charge in [-0.15, -0.1) is 0 Å². The molecule has 3 atom stereocenters. The van der Waals surface area contributed by atoms with Gasteiger partial charge >= 0.3 is 0 Å². The average molecular weight is 434 g/mol. The highest BCUT2D eigenvalue weighted by molar-refractivity contribution is 7.89. The summed E-state index contributed by atoms with van der Waals surface area (Å²) in [5.74, 6) is 1.29. The monoisotopic (exact) mass is 433 g/mol. The molecule has 4 rings (SSSR count). The van der Waals surface area contributed by atoms with E-state index >= 15 is 0 Å². The third-order valence-corrected chi connectivity index (χ3v) is 8.28. The minimum Gasteiger partial charge on any atom is -0.352 e. The van der Waals surface area contributed by atoms with E-state index in [1.54, 1.807) is 17.0 Å². The van der Waals surface area contributed by atoms with Gasteiger partial charge in [-0.1, -0.05) is 25.7 Å². The lowest BCUT2D eigenvalue weighted by molar-refractivity contribution is -0.121. The summed E-state index contributed by atoms with van der Waals surface area (Å²) >= 11 is 0. The summed E-state index contributed by atoms with van der Waals surface area (Å²) in [6.07, 6.45) is 9.68. The van der Waals surface area contributed by atoms with Gasteiger partial charge in [0, 0.05) is 24.7 Å². The molecule has 1 saturated heterocycles. The first kappa shape index (κ1) is 21.3. The van der Waals surface area contributed by atoms with E-state index < -0.39 is 10.0 Å². The third-order valence-electron chi connectivity index (χ3n) is 6.86. The smallest absolute Gasteiger partial charge is 0.241 e. The molecular formula is C22H31N3O4S. The molecule has 0 bridgehead atoms. The summed E-state index contributed by atoms with van der Waals surface area (Å²) in [6.45, 7) is 0.394. The summed E-state index contributed by atoms with van der Waals surface area (Å²) in [6, 6.07) is 6.39. The molecular weight excluding hydrogens is 402 g/mol. The fourth-order valence-corrected chi connectivity index (χ4v) is 6.24. The Kier molecular flexibility index (Phi) is 6.43. The van der Waals surface area contributed by atoms with Crippen LogP contribution in [0, 0.1) is 11.8 Å². The van der Waals surface area contributed by atoms with Crippen LogP contribution in [0.2, 0.25) is 0 Å². The van der Waals surface area contributed by atoms with Crippen molar-refractivity contribution in [2.45, 2.75) is 68.7 Å². The van der Waals surface area contributed by atoms with Crippen LogP contribution in [0.15, 0.2) is 29.2 Å². The van der Waals surface area contributed by atoms with Gasteiger partial charge in [-0.3, -0.25) is 9.59 Å². The number of hydrogen-bond donors (Lipinski definition) is 2. The first-order chi connectivity index (χ1) is 14.4. The van der Waals surface area contributed by atoms with Crippen molar-refractivity contribution in [1.29, 1.82) is 0 Å². The molecule has 3 fully saturated rings. The van der Waals surface area contributed by atoms with Gasteiger partial charge in [-0.25, -0.2) is 13.1 Å². The Hall–Kier alpha value is -1.93. The van der Waals surface area contributed by atoms with E-state index in [1.165, 1.54) is 37.8 Å². The van der Waals surface area contributed by atoms with E-state index in [0.29, 0.717) is 24.6 Å². The summed E-state index contributed by atoms with van der Waals surface area (Å²) in [5, 5.41) is 3.02. The van der Waals surface area contributed by atoms with Crippen LogP contribution in [0.3, 0.4) is 0 Å². The number of nitrogens with one attached hydrogen (secondary N) is 2. The van der Waals surface area contributed by atoms with E-state index in [-0.39, 0.29) is 29.3 Å². The Morgan fingerprint density at radius 2 is 1.73 bits per heavy atom. The maximum absolute atomic E-state index is 12.5. The molecule has 2 aliphatic carbocycles. The Morgan fingerprint density at radius 1 is 1.00 bits per heavy atom.